The molecule has 20 heavy (non-hydrogen) atoms. The molecule has 1 atom stereocenters. The Morgan fingerprint density at radius 3 is 2.05 bits per heavy atom. The molecule has 1 aromatic rings. The van der Waals surface area contributed by atoms with Gasteiger partial charge in [-0.3, -0.25) is 0 Å². The minimum atomic E-state index is -3.62. The summed E-state index contributed by atoms with van der Waals surface area (Å²) in [6.45, 7) is 1.39. The van der Waals surface area contributed by atoms with Crippen LogP contribution >= 0.6 is 0 Å². The normalized spacial score (nSPS) is 20.1. The molecule has 0 saturated carbocycles. The molecule has 0 aliphatic carbocycles. The van der Waals surface area contributed by atoms with Gasteiger partial charge in [0.25, 0.3) is 0 Å². The van der Waals surface area contributed by atoms with Gasteiger partial charge in [0.15, 0.2) is 0 Å². The fourth-order valence-corrected chi connectivity index (χ4v) is 3.96. The first kappa shape index (κ1) is 15.4. The Hall–Kier alpha value is -1.00. The van der Waals surface area contributed by atoms with Crippen LogP contribution in [0.15, 0.2) is 34.1 Å². The largest absolute Gasteiger partial charge is 0.315 e. The molecule has 1 saturated heterocycles. The van der Waals surface area contributed by atoms with E-state index in [0.717, 1.165) is 13.0 Å². The Labute approximate surface area is 118 Å². The van der Waals surface area contributed by atoms with Crippen LogP contribution < -0.4 is 14.8 Å². The van der Waals surface area contributed by atoms with E-state index in [1.165, 1.54) is 31.3 Å². The van der Waals surface area contributed by atoms with Gasteiger partial charge in [-0.15, -0.1) is 0 Å². The van der Waals surface area contributed by atoms with Crippen molar-refractivity contribution in [2.75, 3.05) is 20.1 Å². The van der Waals surface area contributed by atoms with E-state index in [9.17, 15) is 16.8 Å². The van der Waals surface area contributed by atoms with Crippen molar-refractivity contribution in [3.8, 4) is 0 Å². The lowest BCUT2D eigenvalue weighted by atomic mass is 10.3. The van der Waals surface area contributed by atoms with E-state index in [4.69, 9.17) is 0 Å². The van der Waals surface area contributed by atoms with Crippen molar-refractivity contribution >= 4 is 20.0 Å². The second kappa shape index (κ2) is 5.78. The van der Waals surface area contributed by atoms with E-state index < -0.39 is 20.0 Å². The van der Waals surface area contributed by atoms with Crippen LogP contribution in [0.3, 0.4) is 0 Å². The maximum absolute atomic E-state index is 12.1. The van der Waals surface area contributed by atoms with Gasteiger partial charge in [-0.1, -0.05) is 0 Å². The lowest BCUT2D eigenvalue weighted by Gasteiger charge is -2.12. The van der Waals surface area contributed by atoms with Gasteiger partial charge in [-0.05, 0) is 44.3 Å². The number of hydrogen-bond acceptors (Lipinski definition) is 5. The van der Waals surface area contributed by atoms with Crippen LogP contribution in [0, 0.1) is 0 Å². The molecule has 0 bridgehead atoms. The van der Waals surface area contributed by atoms with Gasteiger partial charge < -0.3 is 5.32 Å². The summed E-state index contributed by atoms with van der Waals surface area (Å²) >= 11 is 0. The van der Waals surface area contributed by atoms with Gasteiger partial charge in [0.1, 0.15) is 0 Å². The molecule has 1 heterocycles. The lowest BCUT2D eigenvalue weighted by Crippen LogP contribution is -2.36. The van der Waals surface area contributed by atoms with E-state index >= 15 is 0 Å². The molecule has 0 spiro atoms. The molecule has 2 rings (SSSR count). The SMILES string of the molecule is CNS(=O)(=O)c1ccc(S(=O)(=O)N[C@@H]2CCNC2)cc1. The van der Waals surface area contributed by atoms with Crippen LogP contribution in [0.2, 0.25) is 0 Å². The van der Waals surface area contributed by atoms with Crippen LogP contribution in [-0.4, -0.2) is 43.0 Å². The molecular weight excluding hydrogens is 302 g/mol. The second-order valence-corrected chi connectivity index (χ2v) is 8.09. The Balaban J connectivity index is 2.20. The predicted octanol–water partition coefficient (Wildman–Crippen LogP) is -0.765. The molecule has 3 N–H and O–H groups in total. The van der Waals surface area contributed by atoms with Crippen molar-refractivity contribution in [2.45, 2.75) is 22.3 Å². The van der Waals surface area contributed by atoms with Gasteiger partial charge in [0, 0.05) is 12.6 Å². The highest BCUT2D eigenvalue weighted by molar-refractivity contribution is 7.90. The van der Waals surface area contributed by atoms with Crippen molar-refractivity contribution < 1.29 is 16.8 Å². The van der Waals surface area contributed by atoms with Gasteiger partial charge in [-0.2, -0.15) is 0 Å². The zero-order valence-corrected chi connectivity index (χ0v) is 12.6. The van der Waals surface area contributed by atoms with Crippen molar-refractivity contribution in [3.63, 3.8) is 0 Å². The van der Waals surface area contributed by atoms with E-state index in [2.05, 4.69) is 14.8 Å². The fraction of sp³-hybridized carbons (Fsp3) is 0.455. The summed E-state index contributed by atoms with van der Waals surface area (Å²) < 4.78 is 52.1. The number of benzene rings is 1. The first-order valence-corrected chi connectivity index (χ1v) is 9.08. The Bertz CT molecular complexity index is 662. The highest BCUT2D eigenvalue weighted by Gasteiger charge is 2.23. The van der Waals surface area contributed by atoms with Crippen molar-refractivity contribution in [1.29, 1.82) is 0 Å². The molecule has 0 amide bonds. The highest BCUT2D eigenvalue weighted by Crippen LogP contribution is 2.15. The van der Waals surface area contributed by atoms with E-state index in [-0.39, 0.29) is 15.8 Å². The number of rotatable bonds is 5. The summed E-state index contributed by atoms with van der Waals surface area (Å²) in [5.74, 6) is 0. The van der Waals surface area contributed by atoms with E-state index in [1.807, 2.05) is 0 Å². The molecule has 112 valence electrons. The summed E-state index contributed by atoms with van der Waals surface area (Å²) in [4.78, 5) is 0.0842. The third-order valence-corrected chi connectivity index (χ3v) is 6.06. The Morgan fingerprint density at radius 2 is 1.60 bits per heavy atom. The Morgan fingerprint density at radius 1 is 1.05 bits per heavy atom. The maximum Gasteiger partial charge on any atom is 0.240 e. The topological polar surface area (TPSA) is 104 Å². The number of nitrogens with one attached hydrogen (secondary N) is 3. The van der Waals surface area contributed by atoms with Crippen LogP contribution in [0.5, 0.6) is 0 Å². The quantitative estimate of drug-likeness (QED) is 0.661. The molecular formula is C11H17N3O4S2. The fourth-order valence-electron chi connectivity index (χ4n) is 1.96. The standard InChI is InChI=1S/C11H17N3O4S2/c1-12-19(15,16)10-2-4-11(5-3-10)20(17,18)14-9-6-7-13-8-9/h2-5,9,12-14H,6-8H2,1H3/t9-/m1/s1. The van der Waals surface area contributed by atoms with Gasteiger partial charge in [-0.25, -0.2) is 26.3 Å². The highest BCUT2D eigenvalue weighted by atomic mass is 32.2. The second-order valence-electron chi connectivity index (χ2n) is 4.49. The monoisotopic (exact) mass is 319 g/mol. The summed E-state index contributed by atoms with van der Waals surface area (Å²) in [6.07, 6.45) is 0.742. The van der Waals surface area contributed by atoms with Crippen LogP contribution in [-0.2, 0) is 20.0 Å². The first-order valence-electron chi connectivity index (χ1n) is 6.12. The van der Waals surface area contributed by atoms with Crippen LogP contribution in [0.25, 0.3) is 0 Å². The van der Waals surface area contributed by atoms with Crippen LogP contribution in [0.4, 0.5) is 0 Å². The minimum absolute atomic E-state index is 0.0292. The van der Waals surface area contributed by atoms with Crippen molar-refractivity contribution in [1.82, 2.24) is 14.8 Å². The molecule has 1 fully saturated rings. The van der Waals surface area contributed by atoms with Crippen molar-refractivity contribution in [2.24, 2.45) is 0 Å². The predicted molar refractivity (Wildman–Crippen MR) is 74.3 cm³/mol. The molecule has 7 nitrogen and oxygen atoms in total. The molecule has 1 aliphatic rings. The molecule has 9 heteroatoms. The lowest BCUT2D eigenvalue weighted by molar-refractivity contribution is 0.559. The van der Waals surface area contributed by atoms with E-state index in [1.54, 1.807) is 0 Å². The third kappa shape index (κ3) is 3.36. The summed E-state index contributed by atoms with van der Waals surface area (Å²) in [5.41, 5.74) is 0. The third-order valence-electron chi connectivity index (χ3n) is 3.10. The average molecular weight is 319 g/mol. The van der Waals surface area contributed by atoms with Crippen molar-refractivity contribution in [3.05, 3.63) is 24.3 Å². The maximum atomic E-state index is 12.1. The van der Waals surface area contributed by atoms with Crippen LogP contribution in [0.1, 0.15) is 6.42 Å². The zero-order chi connectivity index (χ0) is 14.8. The van der Waals surface area contributed by atoms with Gasteiger partial charge in [0.05, 0.1) is 9.79 Å². The summed E-state index contributed by atoms with van der Waals surface area (Å²) in [6, 6.07) is 4.99. The Kier molecular flexibility index (Phi) is 4.45. The molecule has 0 aromatic heterocycles. The molecule has 0 unspecified atom stereocenters. The summed E-state index contributed by atoms with van der Waals surface area (Å²) in [5, 5.41) is 3.07. The van der Waals surface area contributed by atoms with Gasteiger partial charge >= 0.3 is 0 Å². The number of sulfonamides is 2. The van der Waals surface area contributed by atoms with E-state index in [0.29, 0.717) is 6.54 Å². The molecule has 1 aliphatic heterocycles. The number of hydrogen-bond donors (Lipinski definition) is 3. The summed E-state index contributed by atoms with van der Waals surface area (Å²) in [7, 11) is -5.88. The first-order chi connectivity index (χ1) is 9.35. The van der Waals surface area contributed by atoms with Gasteiger partial charge in [0.2, 0.25) is 20.0 Å². The smallest absolute Gasteiger partial charge is 0.240 e. The minimum Gasteiger partial charge on any atom is -0.315 e. The average Bonchev–Trinajstić information content (AvgIpc) is 2.91. The molecule has 0 radical (unpaired) electrons. The molecule has 1 aromatic carbocycles. The zero-order valence-electron chi connectivity index (χ0n) is 11.0.